The molecule has 0 amide bonds. The van der Waals surface area contributed by atoms with Crippen molar-refractivity contribution < 1.29 is 0 Å². The zero-order valence-electron chi connectivity index (χ0n) is 12.9. The van der Waals surface area contributed by atoms with Crippen molar-refractivity contribution >= 4 is 0 Å². The summed E-state index contributed by atoms with van der Waals surface area (Å²) in [5, 5.41) is 3.45. The second-order valence-electron chi connectivity index (χ2n) is 6.28. The standard InChI is InChI=1S/C17H28N2/c1-13(2)11-17(19-9-7-18-8-10-19)16-6-5-14(3)15(4)12-16/h5-6,12-13,17-18H,7-11H2,1-4H3. The van der Waals surface area contributed by atoms with Gasteiger partial charge in [0.1, 0.15) is 0 Å². The maximum Gasteiger partial charge on any atom is 0.0351 e. The van der Waals surface area contributed by atoms with E-state index in [-0.39, 0.29) is 0 Å². The van der Waals surface area contributed by atoms with Crippen molar-refractivity contribution in [3.8, 4) is 0 Å². The van der Waals surface area contributed by atoms with Gasteiger partial charge in [-0.15, -0.1) is 0 Å². The third-order valence-electron chi connectivity index (χ3n) is 4.20. The van der Waals surface area contributed by atoms with Crippen LogP contribution in [0.2, 0.25) is 0 Å². The Kier molecular flexibility index (Phi) is 5.00. The first-order valence-corrected chi connectivity index (χ1v) is 7.60. The van der Waals surface area contributed by atoms with Crippen LogP contribution < -0.4 is 5.32 Å². The third-order valence-corrected chi connectivity index (χ3v) is 4.20. The van der Waals surface area contributed by atoms with Crippen LogP contribution in [0.15, 0.2) is 18.2 Å². The van der Waals surface area contributed by atoms with Crippen LogP contribution in [0.5, 0.6) is 0 Å². The molecule has 2 rings (SSSR count). The van der Waals surface area contributed by atoms with E-state index < -0.39 is 0 Å². The fourth-order valence-corrected chi connectivity index (χ4v) is 2.91. The first-order chi connectivity index (χ1) is 9.08. The van der Waals surface area contributed by atoms with Crippen molar-refractivity contribution in [3.05, 3.63) is 34.9 Å². The predicted molar refractivity (Wildman–Crippen MR) is 82.6 cm³/mol. The van der Waals surface area contributed by atoms with Gasteiger partial charge in [0.15, 0.2) is 0 Å². The van der Waals surface area contributed by atoms with Gasteiger partial charge in [-0.05, 0) is 42.9 Å². The molecule has 1 aliphatic rings. The number of aryl methyl sites for hydroxylation is 2. The minimum Gasteiger partial charge on any atom is -0.314 e. The molecule has 0 aromatic heterocycles. The second kappa shape index (κ2) is 6.53. The highest BCUT2D eigenvalue weighted by atomic mass is 15.2. The first-order valence-electron chi connectivity index (χ1n) is 7.60. The lowest BCUT2D eigenvalue weighted by Crippen LogP contribution is -2.45. The molecule has 0 aliphatic carbocycles. The molecule has 1 fully saturated rings. The maximum absolute atomic E-state index is 3.45. The van der Waals surface area contributed by atoms with Gasteiger partial charge in [-0.2, -0.15) is 0 Å². The van der Waals surface area contributed by atoms with Gasteiger partial charge in [0.05, 0.1) is 0 Å². The number of rotatable bonds is 4. The Bertz CT molecular complexity index is 406. The molecule has 1 heterocycles. The lowest BCUT2D eigenvalue weighted by atomic mass is 9.93. The normalized spacial score (nSPS) is 18.8. The molecule has 19 heavy (non-hydrogen) atoms. The Morgan fingerprint density at radius 3 is 2.37 bits per heavy atom. The number of nitrogens with zero attached hydrogens (tertiary/aromatic N) is 1. The molecule has 106 valence electrons. The smallest absolute Gasteiger partial charge is 0.0351 e. The number of nitrogens with one attached hydrogen (secondary N) is 1. The lowest BCUT2D eigenvalue weighted by molar-refractivity contribution is 0.154. The molecule has 1 saturated heterocycles. The van der Waals surface area contributed by atoms with Gasteiger partial charge in [0, 0.05) is 32.2 Å². The number of hydrogen-bond acceptors (Lipinski definition) is 2. The molecule has 1 atom stereocenters. The molecule has 0 spiro atoms. The van der Waals surface area contributed by atoms with Crippen molar-refractivity contribution in [2.45, 2.75) is 40.2 Å². The molecule has 0 saturated carbocycles. The summed E-state index contributed by atoms with van der Waals surface area (Å²) in [4.78, 5) is 2.65. The summed E-state index contributed by atoms with van der Waals surface area (Å²) >= 11 is 0. The quantitative estimate of drug-likeness (QED) is 0.893. The Hall–Kier alpha value is -0.860. The van der Waals surface area contributed by atoms with E-state index in [0.29, 0.717) is 6.04 Å². The van der Waals surface area contributed by atoms with E-state index in [2.05, 4.69) is 56.1 Å². The van der Waals surface area contributed by atoms with Crippen molar-refractivity contribution in [1.82, 2.24) is 10.2 Å². The first kappa shape index (κ1) is 14.5. The summed E-state index contributed by atoms with van der Waals surface area (Å²) in [6.45, 7) is 13.7. The number of hydrogen-bond donors (Lipinski definition) is 1. The van der Waals surface area contributed by atoms with E-state index >= 15 is 0 Å². The summed E-state index contributed by atoms with van der Waals surface area (Å²) in [7, 11) is 0. The van der Waals surface area contributed by atoms with E-state index in [1.54, 1.807) is 0 Å². The minimum atomic E-state index is 0.585. The SMILES string of the molecule is Cc1ccc(C(CC(C)C)N2CCNCC2)cc1C. The van der Waals surface area contributed by atoms with Gasteiger partial charge in [0.25, 0.3) is 0 Å². The average Bonchev–Trinajstić information content (AvgIpc) is 2.40. The topological polar surface area (TPSA) is 15.3 Å². The van der Waals surface area contributed by atoms with E-state index in [4.69, 9.17) is 0 Å². The van der Waals surface area contributed by atoms with Crippen LogP contribution in [-0.4, -0.2) is 31.1 Å². The van der Waals surface area contributed by atoms with Crippen molar-refractivity contribution in [2.75, 3.05) is 26.2 Å². The molecular formula is C17H28N2. The summed E-state index contributed by atoms with van der Waals surface area (Å²) in [5.41, 5.74) is 4.31. The maximum atomic E-state index is 3.45. The molecule has 0 radical (unpaired) electrons. The van der Waals surface area contributed by atoms with Gasteiger partial charge in [-0.1, -0.05) is 32.0 Å². The molecular weight excluding hydrogens is 232 g/mol. The minimum absolute atomic E-state index is 0.585. The van der Waals surface area contributed by atoms with E-state index in [1.165, 1.54) is 36.2 Å². The van der Waals surface area contributed by atoms with Crippen LogP contribution in [0.1, 0.15) is 43.0 Å². The summed E-state index contributed by atoms with van der Waals surface area (Å²) in [5.74, 6) is 0.737. The van der Waals surface area contributed by atoms with Crippen LogP contribution in [0, 0.1) is 19.8 Å². The summed E-state index contributed by atoms with van der Waals surface area (Å²) in [6.07, 6.45) is 1.25. The highest BCUT2D eigenvalue weighted by Gasteiger charge is 2.23. The van der Waals surface area contributed by atoms with Crippen LogP contribution >= 0.6 is 0 Å². The lowest BCUT2D eigenvalue weighted by Gasteiger charge is -2.36. The Morgan fingerprint density at radius 1 is 1.11 bits per heavy atom. The van der Waals surface area contributed by atoms with E-state index in [0.717, 1.165) is 19.0 Å². The molecule has 1 aromatic rings. The fraction of sp³-hybridized carbons (Fsp3) is 0.647. The van der Waals surface area contributed by atoms with Crippen LogP contribution in [0.25, 0.3) is 0 Å². The Balaban J connectivity index is 2.22. The van der Waals surface area contributed by atoms with Gasteiger partial charge in [-0.3, -0.25) is 4.90 Å². The highest BCUT2D eigenvalue weighted by Crippen LogP contribution is 2.29. The fourth-order valence-electron chi connectivity index (χ4n) is 2.91. The molecule has 0 bridgehead atoms. The van der Waals surface area contributed by atoms with Gasteiger partial charge in [-0.25, -0.2) is 0 Å². The average molecular weight is 260 g/mol. The van der Waals surface area contributed by atoms with Crippen LogP contribution in [-0.2, 0) is 0 Å². The third kappa shape index (κ3) is 3.80. The molecule has 1 unspecified atom stereocenters. The monoisotopic (exact) mass is 260 g/mol. The van der Waals surface area contributed by atoms with E-state index in [1.807, 2.05) is 0 Å². The summed E-state index contributed by atoms with van der Waals surface area (Å²) < 4.78 is 0. The highest BCUT2D eigenvalue weighted by molar-refractivity contribution is 5.31. The second-order valence-corrected chi connectivity index (χ2v) is 6.28. The molecule has 1 N–H and O–H groups in total. The van der Waals surface area contributed by atoms with Gasteiger partial charge >= 0.3 is 0 Å². The number of piperazine rings is 1. The number of benzene rings is 1. The Morgan fingerprint density at radius 2 is 1.79 bits per heavy atom. The molecule has 2 heteroatoms. The Labute approximate surface area is 118 Å². The molecule has 1 aliphatic heterocycles. The van der Waals surface area contributed by atoms with Crippen LogP contribution in [0.4, 0.5) is 0 Å². The summed E-state index contributed by atoms with van der Waals surface area (Å²) in [6, 6.07) is 7.59. The molecule has 1 aromatic carbocycles. The zero-order valence-corrected chi connectivity index (χ0v) is 12.9. The molecule has 2 nitrogen and oxygen atoms in total. The van der Waals surface area contributed by atoms with Crippen molar-refractivity contribution in [2.24, 2.45) is 5.92 Å². The van der Waals surface area contributed by atoms with Gasteiger partial charge in [0.2, 0.25) is 0 Å². The zero-order chi connectivity index (χ0) is 13.8. The van der Waals surface area contributed by atoms with Crippen molar-refractivity contribution in [1.29, 1.82) is 0 Å². The predicted octanol–water partition coefficient (Wildman–Crippen LogP) is 3.30. The van der Waals surface area contributed by atoms with Crippen LogP contribution in [0.3, 0.4) is 0 Å². The van der Waals surface area contributed by atoms with Crippen molar-refractivity contribution in [3.63, 3.8) is 0 Å². The van der Waals surface area contributed by atoms with Gasteiger partial charge < -0.3 is 5.32 Å². The largest absolute Gasteiger partial charge is 0.314 e. The van der Waals surface area contributed by atoms with E-state index in [9.17, 15) is 0 Å².